The predicted molar refractivity (Wildman–Crippen MR) is 59.3 cm³/mol. The molecule has 0 bridgehead atoms. The molecule has 4 nitrogen and oxygen atoms in total. The zero-order chi connectivity index (χ0) is 10.5. The highest BCUT2D eigenvalue weighted by Gasteiger charge is 2.11. The van der Waals surface area contributed by atoms with E-state index >= 15 is 0 Å². The molecule has 0 N–H and O–H groups in total. The Kier molecular flexibility index (Phi) is 3.37. The van der Waals surface area contributed by atoms with Crippen LogP contribution in [0.1, 0.15) is 25.7 Å². The number of rotatable bonds is 2. The van der Waals surface area contributed by atoms with Crippen molar-refractivity contribution in [3.8, 4) is 5.88 Å². The summed E-state index contributed by atoms with van der Waals surface area (Å²) in [7, 11) is 1.63. The summed E-state index contributed by atoms with van der Waals surface area (Å²) in [5, 5.41) is 0. The molecule has 0 radical (unpaired) electrons. The van der Waals surface area contributed by atoms with Gasteiger partial charge in [-0.3, -0.25) is 0 Å². The van der Waals surface area contributed by atoms with Crippen LogP contribution in [-0.4, -0.2) is 30.2 Å². The number of ether oxygens (including phenoxy) is 1. The van der Waals surface area contributed by atoms with Crippen LogP contribution in [0.4, 0.5) is 5.82 Å². The fourth-order valence-corrected chi connectivity index (χ4v) is 1.91. The molecule has 0 unspecified atom stereocenters. The number of hydrogen-bond donors (Lipinski definition) is 0. The molecular weight excluding hydrogens is 190 g/mol. The SMILES string of the molecule is COc1cc(N2CCCCCC2)ncn1. The molecule has 1 fully saturated rings. The topological polar surface area (TPSA) is 38.2 Å². The average molecular weight is 207 g/mol. The molecule has 0 aromatic carbocycles. The van der Waals surface area contributed by atoms with Crippen molar-refractivity contribution in [3.63, 3.8) is 0 Å². The fraction of sp³-hybridized carbons (Fsp3) is 0.636. The number of hydrogen-bond acceptors (Lipinski definition) is 4. The van der Waals surface area contributed by atoms with E-state index in [0.29, 0.717) is 5.88 Å². The van der Waals surface area contributed by atoms with Crippen molar-refractivity contribution in [2.45, 2.75) is 25.7 Å². The van der Waals surface area contributed by atoms with Gasteiger partial charge in [-0.15, -0.1) is 0 Å². The van der Waals surface area contributed by atoms with Crippen molar-refractivity contribution in [1.82, 2.24) is 9.97 Å². The van der Waals surface area contributed by atoms with Gasteiger partial charge in [-0.05, 0) is 12.8 Å². The normalized spacial score (nSPS) is 17.3. The minimum atomic E-state index is 0.643. The van der Waals surface area contributed by atoms with Crippen LogP contribution >= 0.6 is 0 Å². The van der Waals surface area contributed by atoms with Gasteiger partial charge in [-0.25, -0.2) is 9.97 Å². The van der Waals surface area contributed by atoms with Crippen molar-refractivity contribution >= 4 is 5.82 Å². The average Bonchev–Trinajstić information content (AvgIpc) is 2.58. The molecule has 4 heteroatoms. The smallest absolute Gasteiger partial charge is 0.218 e. The van der Waals surface area contributed by atoms with Crippen LogP contribution in [0.3, 0.4) is 0 Å². The highest BCUT2D eigenvalue weighted by atomic mass is 16.5. The minimum absolute atomic E-state index is 0.643. The number of anilines is 1. The maximum absolute atomic E-state index is 5.10. The van der Waals surface area contributed by atoms with Gasteiger partial charge in [-0.1, -0.05) is 12.8 Å². The first-order chi connectivity index (χ1) is 7.40. The Hall–Kier alpha value is -1.32. The summed E-state index contributed by atoms with van der Waals surface area (Å²) in [6.45, 7) is 2.19. The van der Waals surface area contributed by atoms with Gasteiger partial charge in [-0.2, -0.15) is 0 Å². The van der Waals surface area contributed by atoms with Crippen LogP contribution in [0, 0.1) is 0 Å². The molecule has 0 saturated carbocycles. The quantitative estimate of drug-likeness (QED) is 0.742. The molecule has 0 aliphatic carbocycles. The molecule has 1 aliphatic rings. The lowest BCUT2D eigenvalue weighted by Crippen LogP contribution is -2.24. The Morgan fingerprint density at radius 1 is 1.13 bits per heavy atom. The van der Waals surface area contributed by atoms with Crippen LogP contribution in [-0.2, 0) is 0 Å². The summed E-state index contributed by atoms with van der Waals surface area (Å²) >= 11 is 0. The van der Waals surface area contributed by atoms with Crippen molar-refractivity contribution in [2.24, 2.45) is 0 Å². The Morgan fingerprint density at radius 3 is 2.53 bits per heavy atom. The van der Waals surface area contributed by atoms with E-state index in [-0.39, 0.29) is 0 Å². The van der Waals surface area contributed by atoms with Gasteiger partial charge in [0.05, 0.1) is 7.11 Å². The third-order valence-corrected chi connectivity index (χ3v) is 2.77. The zero-order valence-electron chi connectivity index (χ0n) is 9.15. The van der Waals surface area contributed by atoms with E-state index in [1.807, 2.05) is 6.07 Å². The first-order valence-corrected chi connectivity index (χ1v) is 5.51. The molecule has 2 rings (SSSR count). The van der Waals surface area contributed by atoms with Gasteiger partial charge in [0, 0.05) is 19.2 Å². The Morgan fingerprint density at radius 2 is 1.87 bits per heavy atom. The summed E-state index contributed by atoms with van der Waals surface area (Å²) in [4.78, 5) is 10.6. The Balaban J connectivity index is 2.12. The van der Waals surface area contributed by atoms with E-state index in [4.69, 9.17) is 4.74 Å². The van der Waals surface area contributed by atoms with E-state index in [2.05, 4.69) is 14.9 Å². The lowest BCUT2D eigenvalue weighted by atomic mass is 10.2. The summed E-state index contributed by atoms with van der Waals surface area (Å²) in [5.74, 6) is 1.63. The molecule has 1 aliphatic heterocycles. The zero-order valence-corrected chi connectivity index (χ0v) is 9.15. The molecule has 0 amide bonds. The fourth-order valence-electron chi connectivity index (χ4n) is 1.91. The van der Waals surface area contributed by atoms with E-state index in [9.17, 15) is 0 Å². The maximum Gasteiger partial charge on any atom is 0.218 e. The van der Waals surface area contributed by atoms with Crippen molar-refractivity contribution in [3.05, 3.63) is 12.4 Å². The summed E-state index contributed by atoms with van der Waals surface area (Å²) < 4.78 is 5.10. The third kappa shape index (κ3) is 2.58. The Bertz CT molecular complexity index is 308. The van der Waals surface area contributed by atoms with E-state index in [0.717, 1.165) is 18.9 Å². The van der Waals surface area contributed by atoms with Crippen LogP contribution in [0.15, 0.2) is 12.4 Å². The second kappa shape index (κ2) is 4.96. The molecule has 0 spiro atoms. The standard InChI is InChI=1S/C11H17N3O/c1-15-11-8-10(12-9-13-11)14-6-4-2-3-5-7-14/h8-9H,2-7H2,1H3. The van der Waals surface area contributed by atoms with E-state index < -0.39 is 0 Å². The maximum atomic E-state index is 5.10. The second-order valence-corrected chi connectivity index (χ2v) is 3.82. The molecule has 0 atom stereocenters. The first kappa shape index (κ1) is 10.2. The van der Waals surface area contributed by atoms with Gasteiger partial charge in [0.25, 0.3) is 0 Å². The highest BCUT2D eigenvalue weighted by molar-refractivity contribution is 5.40. The monoisotopic (exact) mass is 207 g/mol. The molecule has 1 aromatic rings. The Labute approximate surface area is 90.3 Å². The van der Waals surface area contributed by atoms with Gasteiger partial charge in [0.15, 0.2) is 0 Å². The third-order valence-electron chi connectivity index (χ3n) is 2.77. The van der Waals surface area contributed by atoms with Crippen molar-refractivity contribution in [1.29, 1.82) is 0 Å². The number of aromatic nitrogens is 2. The first-order valence-electron chi connectivity index (χ1n) is 5.51. The summed E-state index contributed by atoms with van der Waals surface area (Å²) in [5.41, 5.74) is 0. The van der Waals surface area contributed by atoms with Gasteiger partial charge >= 0.3 is 0 Å². The van der Waals surface area contributed by atoms with Gasteiger partial charge in [0.2, 0.25) is 5.88 Å². The van der Waals surface area contributed by atoms with Gasteiger partial charge < -0.3 is 9.64 Å². The number of methoxy groups -OCH3 is 1. The van der Waals surface area contributed by atoms with Crippen molar-refractivity contribution < 1.29 is 4.74 Å². The molecule has 15 heavy (non-hydrogen) atoms. The van der Waals surface area contributed by atoms with Crippen LogP contribution in [0.25, 0.3) is 0 Å². The van der Waals surface area contributed by atoms with Crippen LogP contribution < -0.4 is 9.64 Å². The highest BCUT2D eigenvalue weighted by Crippen LogP contribution is 2.19. The second-order valence-electron chi connectivity index (χ2n) is 3.82. The lowest BCUT2D eigenvalue weighted by molar-refractivity contribution is 0.396. The largest absolute Gasteiger partial charge is 0.481 e. The summed E-state index contributed by atoms with van der Waals surface area (Å²) in [6.07, 6.45) is 6.75. The minimum Gasteiger partial charge on any atom is -0.481 e. The van der Waals surface area contributed by atoms with Crippen LogP contribution in [0.2, 0.25) is 0 Å². The molecule has 2 heterocycles. The lowest BCUT2D eigenvalue weighted by Gasteiger charge is -2.21. The van der Waals surface area contributed by atoms with Gasteiger partial charge in [0.1, 0.15) is 12.1 Å². The van der Waals surface area contributed by atoms with Crippen molar-refractivity contribution in [2.75, 3.05) is 25.1 Å². The van der Waals surface area contributed by atoms with E-state index in [1.54, 1.807) is 13.4 Å². The number of nitrogens with zero attached hydrogens (tertiary/aromatic N) is 3. The predicted octanol–water partition coefficient (Wildman–Crippen LogP) is 1.87. The van der Waals surface area contributed by atoms with Crippen LogP contribution in [0.5, 0.6) is 5.88 Å². The molecular formula is C11H17N3O. The molecule has 82 valence electrons. The summed E-state index contributed by atoms with van der Waals surface area (Å²) in [6, 6.07) is 1.91. The molecule has 1 aromatic heterocycles. The van der Waals surface area contributed by atoms with E-state index in [1.165, 1.54) is 25.7 Å². The molecule has 1 saturated heterocycles.